The average Bonchev–Trinajstić information content (AvgIpc) is 3.85. The van der Waals surface area contributed by atoms with Crippen LogP contribution in [0.5, 0.6) is 5.75 Å². The van der Waals surface area contributed by atoms with Crippen molar-refractivity contribution in [3.8, 4) is 5.75 Å². The summed E-state index contributed by atoms with van der Waals surface area (Å²) in [6.45, 7) is 12.1. The predicted octanol–water partition coefficient (Wildman–Crippen LogP) is 5.47. The monoisotopic (exact) mass is 604 g/mol. The number of rotatable bonds is 13. The molecule has 2 aromatic carbocycles. The van der Waals surface area contributed by atoms with Crippen molar-refractivity contribution in [2.75, 3.05) is 52.4 Å². The van der Waals surface area contributed by atoms with E-state index in [-0.39, 0.29) is 24.1 Å². The third-order valence-corrected chi connectivity index (χ3v) is 9.81. The van der Waals surface area contributed by atoms with Crippen molar-refractivity contribution in [3.05, 3.63) is 65.2 Å². The van der Waals surface area contributed by atoms with E-state index in [1.54, 1.807) is 6.07 Å². The molecule has 2 heterocycles. The van der Waals surface area contributed by atoms with Crippen LogP contribution in [0.15, 0.2) is 48.5 Å². The minimum absolute atomic E-state index is 0.0505. The highest BCUT2D eigenvalue weighted by Gasteiger charge is 2.37. The SMILES string of the molecule is C[C@@H]1CN(C(c2cccc(O)c2)c2cccc(C(=O)N3CCCN(CCCCCCC(=O)O)CC3)c2)[C@@H](C)CN1CC1CC1. The van der Waals surface area contributed by atoms with E-state index in [2.05, 4.69) is 46.7 Å². The number of phenols is 1. The first-order valence-electron chi connectivity index (χ1n) is 16.9. The summed E-state index contributed by atoms with van der Waals surface area (Å²) in [5, 5.41) is 19.3. The number of aliphatic carboxylic acids is 1. The summed E-state index contributed by atoms with van der Waals surface area (Å²) in [6.07, 6.45) is 7.75. The Hall–Kier alpha value is -2.94. The third kappa shape index (κ3) is 8.83. The van der Waals surface area contributed by atoms with Crippen molar-refractivity contribution < 1.29 is 19.8 Å². The maximum Gasteiger partial charge on any atom is 0.303 e. The molecule has 1 amide bonds. The van der Waals surface area contributed by atoms with Gasteiger partial charge in [0, 0.05) is 63.3 Å². The van der Waals surface area contributed by atoms with Crippen LogP contribution in [0.2, 0.25) is 0 Å². The summed E-state index contributed by atoms with van der Waals surface area (Å²) in [6, 6.07) is 16.5. The molecule has 8 nitrogen and oxygen atoms in total. The van der Waals surface area contributed by atoms with E-state index in [1.165, 1.54) is 19.4 Å². The number of phenolic OH excluding ortho intramolecular Hbond substituents is 1. The normalized spacial score (nSPS) is 22.9. The smallest absolute Gasteiger partial charge is 0.303 e. The number of unbranched alkanes of at least 4 members (excludes halogenated alkanes) is 3. The molecule has 8 heteroatoms. The second-order valence-corrected chi connectivity index (χ2v) is 13.5. The highest BCUT2D eigenvalue weighted by atomic mass is 16.4. The lowest BCUT2D eigenvalue weighted by Gasteiger charge is -2.48. The summed E-state index contributed by atoms with van der Waals surface area (Å²) in [5.41, 5.74) is 2.88. The van der Waals surface area contributed by atoms with Crippen LogP contribution >= 0.6 is 0 Å². The molecule has 3 atom stereocenters. The molecule has 3 aliphatic rings. The van der Waals surface area contributed by atoms with Gasteiger partial charge in [-0.05, 0) is 100 Å². The highest BCUT2D eigenvalue weighted by molar-refractivity contribution is 5.94. The number of amides is 1. The zero-order chi connectivity index (χ0) is 31.1. The predicted molar refractivity (Wildman–Crippen MR) is 174 cm³/mol. The minimum Gasteiger partial charge on any atom is -0.508 e. The topological polar surface area (TPSA) is 87.6 Å². The Bertz CT molecular complexity index is 1250. The lowest BCUT2D eigenvalue weighted by atomic mass is 9.92. The zero-order valence-corrected chi connectivity index (χ0v) is 26.7. The standard InChI is InChI=1S/C36H52N4O4/c1-27-25-40(28(2)24-39(27)26-29-15-16-29)35(31-11-8-13-33(41)23-31)30-10-7-12-32(22-30)36(44)38-19-9-18-37(20-21-38)17-6-4-3-5-14-34(42)43/h7-8,10-13,22-23,27-29,35,41H,3-6,9,14-21,24-26H2,1-2H3,(H,42,43)/t27-,28+,35?/m1/s1. The maximum absolute atomic E-state index is 13.9. The van der Waals surface area contributed by atoms with Gasteiger partial charge in [-0.2, -0.15) is 0 Å². The van der Waals surface area contributed by atoms with E-state index in [1.807, 2.05) is 29.2 Å². The molecule has 2 aliphatic heterocycles. The summed E-state index contributed by atoms with van der Waals surface area (Å²) < 4.78 is 0. The highest BCUT2D eigenvalue weighted by Crippen LogP contribution is 2.37. The van der Waals surface area contributed by atoms with Crippen LogP contribution in [0.4, 0.5) is 0 Å². The Labute approximate surface area is 263 Å². The molecule has 2 saturated heterocycles. The van der Waals surface area contributed by atoms with Crippen LogP contribution in [-0.2, 0) is 4.79 Å². The fourth-order valence-corrected chi connectivity index (χ4v) is 7.13. The Morgan fingerprint density at radius 1 is 0.864 bits per heavy atom. The van der Waals surface area contributed by atoms with E-state index in [9.17, 15) is 14.7 Å². The average molecular weight is 605 g/mol. The summed E-state index contributed by atoms with van der Waals surface area (Å²) in [4.78, 5) is 34.3. The molecule has 1 saturated carbocycles. The Balaban J connectivity index is 1.26. The fourth-order valence-electron chi connectivity index (χ4n) is 7.13. The molecule has 2 aromatic rings. The largest absolute Gasteiger partial charge is 0.508 e. The first-order valence-corrected chi connectivity index (χ1v) is 16.9. The molecule has 1 aliphatic carbocycles. The lowest BCUT2D eigenvalue weighted by molar-refractivity contribution is -0.137. The molecule has 2 N–H and O–H groups in total. The van der Waals surface area contributed by atoms with Crippen molar-refractivity contribution >= 4 is 11.9 Å². The second kappa shape index (κ2) is 15.4. The van der Waals surface area contributed by atoms with Gasteiger partial charge in [-0.25, -0.2) is 0 Å². The van der Waals surface area contributed by atoms with Gasteiger partial charge in [0.25, 0.3) is 5.91 Å². The van der Waals surface area contributed by atoms with Crippen molar-refractivity contribution in [2.24, 2.45) is 5.92 Å². The molecule has 0 spiro atoms. The van der Waals surface area contributed by atoms with Crippen LogP contribution < -0.4 is 0 Å². The van der Waals surface area contributed by atoms with Crippen LogP contribution in [0, 0.1) is 5.92 Å². The van der Waals surface area contributed by atoms with E-state index in [4.69, 9.17) is 5.11 Å². The van der Waals surface area contributed by atoms with Gasteiger partial charge in [0.05, 0.1) is 6.04 Å². The van der Waals surface area contributed by atoms with Crippen LogP contribution in [0.3, 0.4) is 0 Å². The van der Waals surface area contributed by atoms with Crippen LogP contribution in [-0.4, -0.2) is 106 Å². The van der Waals surface area contributed by atoms with Crippen molar-refractivity contribution in [3.63, 3.8) is 0 Å². The third-order valence-electron chi connectivity index (χ3n) is 9.81. The number of carboxylic acid groups (broad SMARTS) is 1. The zero-order valence-electron chi connectivity index (χ0n) is 26.7. The molecule has 5 rings (SSSR count). The second-order valence-electron chi connectivity index (χ2n) is 13.5. The van der Waals surface area contributed by atoms with Crippen molar-refractivity contribution in [1.82, 2.24) is 19.6 Å². The number of carbonyl (C=O) groups excluding carboxylic acids is 1. The molecule has 44 heavy (non-hydrogen) atoms. The van der Waals surface area contributed by atoms with Gasteiger partial charge in [-0.3, -0.25) is 19.4 Å². The van der Waals surface area contributed by atoms with E-state index >= 15 is 0 Å². The van der Waals surface area contributed by atoms with Gasteiger partial charge >= 0.3 is 5.97 Å². The van der Waals surface area contributed by atoms with Gasteiger partial charge < -0.3 is 20.0 Å². The molecule has 1 unspecified atom stereocenters. The molecule has 3 fully saturated rings. The summed E-state index contributed by atoms with van der Waals surface area (Å²) in [5.74, 6) is 0.506. The van der Waals surface area contributed by atoms with E-state index < -0.39 is 5.97 Å². The Morgan fingerprint density at radius 3 is 2.36 bits per heavy atom. The molecule has 240 valence electrons. The molecular weight excluding hydrogens is 552 g/mol. The molecule has 0 aromatic heterocycles. The fraction of sp³-hybridized carbons (Fsp3) is 0.611. The number of hydrogen-bond acceptors (Lipinski definition) is 6. The summed E-state index contributed by atoms with van der Waals surface area (Å²) in [7, 11) is 0. The van der Waals surface area contributed by atoms with Gasteiger partial charge in [0.1, 0.15) is 5.75 Å². The first kappa shape index (κ1) is 32.5. The number of carboxylic acids is 1. The van der Waals surface area contributed by atoms with Crippen molar-refractivity contribution in [1.29, 1.82) is 0 Å². The van der Waals surface area contributed by atoms with Crippen molar-refractivity contribution in [2.45, 2.75) is 83.3 Å². The summed E-state index contributed by atoms with van der Waals surface area (Å²) >= 11 is 0. The van der Waals surface area contributed by atoms with E-state index in [0.717, 1.165) is 101 Å². The molecule has 0 bridgehead atoms. The van der Waals surface area contributed by atoms with E-state index in [0.29, 0.717) is 12.1 Å². The number of benzene rings is 2. The lowest BCUT2D eigenvalue weighted by Crippen LogP contribution is -2.57. The Morgan fingerprint density at radius 2 is 1.61 bits per heavy atom. The Kier molecular flexibility index (Phi) is 11.3. The molecular formula is C36H52N4O4. The van der Waals surface area contributed by atoms with Gasteiger partial charge in [0.15, 0.2) is 0 Å². The number of hydrogen-bond donors (Lipinski definition) is 2. The minimum atomic E-state index is -0.714. The number of carbonyl (C=O) groups is 2. The quantitative estimate of drug-likeness (QED) is 0.293. The number of piperazine rings is 1. The number of aromatic hydroxyl groups is 1. The first-order chi connectivity index (χ1) is 21.3. The van der Waals surface area contributed by atoms with Crippen LogP contribution in [0.25, 0.3) is 0 Å². The van der Waals surface area contributed by atoms with Gasteiger partial charge in [-0.1, -0.05) is 37.1 Å². The number of nitrogens with zero attached hydrogens (tertiary/aromatic N) is 4. The maximum atomic E-state index is 13.9. The van der Waals surface area contributed by atoms with Gasteiger partial charge in [-0.15, -0.1) is 0 Å². The van der Waals surface area contributed by atoms with Gasteiger partial charge in [0.2, 0.25) is 0 Å². The molecule has 0 radical (unpaired) electrons. The van der Waals surface area contributed by atoms with Crippen LogP contribution in [0.1, 0.15) is 92.7 Å².